The molecule has 7 rings (SSSR count). The van der Waals surface area contributed by atoms with E-state index in [-0.39, 0.29) is 17.2 Å². The predicted octanol–water partition coefficient (Wildman–Crippen LogP) is 6.18. The van der Waals surface area contributed by atoms with Crippen LogP contribution in [0.15, 0.2) is 48.7 Å². The summed E-state index contributed by atoms with van der Waals surface area (Å²) in [5, 5.41) is 13.1. The molecule has 3 aliphatic carbocycles. The molecular formula is C32H31FN4O2. The minimum atomic E-state index is -0.995. The molecule has 4 aromatic rings. The van der Waals surface area contributed by atoms with Gasteiger partial charge in [-0.1, -0.05) is 43.2 Å². The second kappa shape index (κ2) is 8.62. The minimum absolute atomic E-state index is 0.0654. The van der Waals surface area contributed by atoms with Crippen LogP contribution in [0.2, 0.25) is 0 Å². The molecule has 2 fully saturated rings. The summed E-state index contributed by atoms with van der Waals surface area (Å²) >= 11 is 0. The van der Waals surface area contributed by atoms with E-state index in [2.05, 4.69) is 33.9 Å². The molecule has 6 nitrogen and oxygen atoms in total. The molecule has 1 N–H and O–H groups in total. The molecule has 0 bridgehead atoms. The van der Waals surface area contributed by atoms with Crippen LogP contribution in [-0.4, -0.2) is 30.2 Å². The Balaban J connectivity index is 1.17. The average Bonchev–Trinajstić information content (AvgIpc) is 3.41. The Morgan fingerprint density at radius 1 is 1.10 bits per heavy atom. The molecule has 198 valence electrons. The van der Waals surface area contributed by atoms with Crippen LogP contribution in [0.1, 0.15) is 56.1 Å². The summed E-state index contributed by atoms with van der Waals surface area (Å²) in [4.78, 5) is 12.3. The molecule has 2 aromatic heterocycles. The number of hydrogen-bond acceptors (Lipinski definition) is 5. The molecule has 0 amide bonds. The summed E-state index contributed by atoms with van der Waals surface area (Å²) < 4.78 is 22.5. The number of aryl methyl sites for hydroxylation is 2. The Kier molecular flexibility index (Phi) is 5.37. The summed E-state index contributed by atoms with van der Waals surface area (Å²) in [6.07, 6.45) is 12.5. The number of terminal acetylenes is 1. The standard InChI is InChI=1S/C32H31FN4O2/c1-4-32(38)16-14-26-25-11-9-19-17-21(10-12-22(19)24(25)13-15-31(26,32)2)39-30-35-28(34-29(33)36-30)27-23-8-6-5-7-20(23)18-37(27)3/h1,5-8,10,12,17-18,24-26,38H,9,11,13-16H2,2-3H3/t24?,25-,26?,31+,32+/m1/s1. The van der Waals surface area contributed by atoms with Crippen molar-refractivity contribution in [2.75, 3.05) is 0 Å². The fourth-order valence-electron chi connectivity index (χ4n) is 8.03. The lowest BCUT2D eigenvalue weighted by atomic mass is 9.53. The molecule has 0 aliphatic heterocycles. The van der Waals surface area contributed by atoms with Gasteiger partial charge >= 0.3 is 12.1 Å². The highest BCUT2D eigenvalue weighted by Crippen LogP contribution is 2.64. The molecule has 2 aromatic carbocycles. The van der Waals surface area contributed by atoms with Crippen molar-refractivity contribution < 1.29 is 14.2 Å². The number of aromatic nitrogens is 4. The Labute approximate surface area is 227 Å². The second-order valence-corrected chi connectivity index (χ2v) is 11.8. The zero-order valence-electron chi connectivity index (χ0n) is 22.2. The topological polar surface area (TPSA) is 73.1 Å². The molecular weight excluding hydrogens is 491 g/mol. The fraction of sp³-hybridized carbons (Fsp3) is 0.406. The predicted molar refractivity (Wildman–Crippen MR) is 147 cm³/mol. The maximum Gasteiger partial charge on any atom is 0.328 e. The monoisotopic (exact) mass is 522 g/mol. The highest BCUT2D eigenvalue weighted by atomic mass is 19.1. The van der Waals surface area contributed by atoms with Gasteiger partial charge in [0.25, 0.3) is 0 Å². The lowest BCUT2D eigenvalue weighted by Crippen LogP contribution is -2.50. The van der Waals surface area contributed by atoms with Crippen LogP contribution < -0.4 is 4.74 Å². The number of nitrogens with zero attached hydrogens (tertiary/aromatic N) is 4. The third-order valence-corrected chi connectivity index (χ3v) is 10.00. The zero-order valence-corrected chi connectivity index (χ0v) is 22.2. The van der Waals surface area contributed by atoms with E-state index in [1.807, 2.05) is 54.2 Å². The van der Waals surface area contributed by atoms with Gasteiger partial charge in [-0.25, -0.2) is 0 Å². The fourth-order valence-corrected chi connectivity index (χ4v) is 8.03. The first-order chi connectivity index (χ1) is 18.8. The Morgan fingerprint density at radius 2 is 1.95 bits per heavy atom. The van der Waals surface area contributed by atoms with Crippen LogP contribution in [0.5, 0.6) is 11.8 Å². The van der Waals surface area contributed by atoms with E-state index in [1.54, 1.807) is 0 Å². The maximum atomic E-state index is 14.5. The van der Waals surface area contributed by atoms with Gasteiger partial charge in [-0.05, 0) is 79.5 Å². The van der Waals surface area contributed by atoms with Crippen molar-refractivity contribution in [3.8, 4) is 35.6 Å². The van der Waals surface area contributed by atoms with Crippen LogP contribution in [0.3, 0.4) is 0 Å². The van der Waals surface area contributed by atoms with Gasteiger partial charge < -0.3 is 14.4 Å². The number of halogens is 1. The average molecular weight is 523 g/mol. The molecule has 0 saturated heterocycles. The zero-order chi connectivity index (χ0) is 26.9. The van der Waals surface area contributed by atoms with Crippen molar-refractivity contribution in [1.82, 2.24) is 19.5 Å². The number of aliphatic hydroxyl groups is 1. The third kappa shape index (κ3) is 3.61. The lowest BCUT2D eigenvalue weighted by molar-refractivity contribution is -0.0646. The van der Waals surface area contributed by atoms with Gasteiger partial charge in [-0.2, -0.15) is 14.4 Å². The molecule has 2 saturated carbocycles. The van der Waals surface area contributed by atoms with Crippen molar-refractivity contribution in [3.05, 3.63) is 65.9 Å². The summed E-state index contributed by atoms with van der Waals surface area (Å²) in [6, 6.07) is 13.9. The van der Waals surface area contributed by atoms with Gasteiger partial charge in [0.1, 0.15) is 11.4 Å². The molecule has 2 heterocycles. The van der Waals surface area contributed by atoms with E-state index in [1.165, 1.54) is 11.1 Å². The second-order valence-electron chi connectivity index (χ2n) is 11.8. The molecule has 5 atom stereocenters. The number of hydrogen-bond donors (Lipinski definition) is 1. The van der Waals surface area contributed by atoms with Crippen LogP contribution >= 0.6 is 0 Å². The SMILES string of the molecule is C#C[C@]1(O)CCC2[C@@H]3CCc4cc(Oc5nc(F)nc(-c6c7ccccc7cn6C)n5)ccc4C3CC[C@@]21C. The van der Waals surface area contributed by atoms with Crippen molar-refractivity contribution in [2.24, 2.45) is 24.3 Å². The third-order valence-electron chi connectivity index (χ3n) is 10.00. The molecule has 39 heavy (non-hydrogen) atoms. The summed E-state index contributed by atoms with van der Waals surface area (Å²) in [5.74, 6) is 4.97. The Hall–Kier alpha value is -3.76. The van der Waals surface area contributed by atoms with Gasteiger partial charge in [0, 0.05) is 29.4 Å². The van der Waals surface area contributed by atoms with E-state index >= 15 is 0 Å². The molecule has 3 aliphatic rings. The summed E-state index contributed by atoms with van der Waals surface area (Å²) in [7, 11) is 1.89. The van der Waals surface area contributed by atoms with Crippen LogP contribution in [0.4, 0.5) is 4.39 Å². The molecule has 0 spiro atoms. The normalized spacial score (nSPS) is 29.4. The van der Waals surface area contributed by atoms with Crippen LogP contribution in [-0.2, 0) is 13.5 Å². The van der Waals surface area contributed by atoms with Crippen molar-refractivity contribution in [2.45, 2.75) is 57.0 Å². The smallest absolute Gasteiger partial charge is 0.328 e. The maximum absolute atomic E-state index is 14.5. The number of rotatable bonds is 3. The number of benzene rings is 2. The van der Waals surface area contributed by atoms with Gasteiger partial charge in [-0.15, -0.1) is 11.4 Å². The van der Waals surface area contributed by atoms with Gasteiger partial charge in [0.2, 0.25) is 0 Å². The number of ether oxygens (including phenoxy) is 1. The first-order valence-corrected chi connectivity index (χ1v) is 13.8. The van der Waals surface area contributed by atoms with E-state index in [4.69, 9.17) is 11.2 Å². The highest BCUT2D eigenvalue weighted by Gasteiger charge is 2.61. The van der Waals surface area contributed by atoms with Crippen molar-refractivity contribution in [3.63, 3.8) is 0 Å². The number of fused-ring (bicyclic) bond motifs is 6. The summed E-state index contributed by atoms with van der Waals surface area (Å²) in [6.45, 7) is 2.20. The largest absolute Gasteiger partial charge is 0.424 e. The van der Waals surface area contributed by atoms with E-state index in [0.717, 1.165) is 42.9 Å². The van der Waals surface area contributed by atoms with Gasteiger partial charge in [0.05, 0.1) is 5.69 Å². The van der Waals surface area contributed by atoms with E-state index in [9.17, 15) is 9.50 Å². The summed E-state index contributed by atoms with van der Waals surface area (Å²) in [5.41, 5.74) is 2.11. The molecule has 2 unspecified atom stereocenters. The van der Waals surface area contributed by atoms with Gasteiger partial charge in [0.15, 0.2) is 5.82 Å². The minimum Gasteiger partial charge on any atom is -0.424 e. The van der Waals surface area contributed by atoms with Crippen LogP contribution in [0, 0.1) is 35.7 Å². The van der Waals surface area contributed by atoms with Crippen molar-refractivity contribution in [1.29, 1.82) is 0 Å². The molecule has 0 radical (unpaired) electrons. The quantitative estimate of drug-likeness (QED) is 0.325. The Morgan fingerprint density at radius 3 is 2.79 bits per heavy atom. The molecule has 7 heteroatoms. The van der Waals surface area contributed by atoms with E-state index < -0.39 is 11.7 Å². The van der Waals surface area contributed by atoms with Crippen molar-refractivity contribution >= 4 is 10.8 Å². The highest BCUT2D eigenvalue weighted by molar-refractivity contribution is 5.94. The Bertz CT molecular complexity index is 1660. The first-order valence-electron chi connectivity index (χ1n) is 13.8. The van der Waals surface area contributed by atoms with Gasteiger partial charge in [-0.3, -0.25) is 0 Å². The van der Waals surface area contributed by atoms with E-state index in [0.29, 0.717) is 35.6 Å². The first kappa shape index (κ1) is 24.3. The van der Waals surface area contributed by atoms with Crippen LogP contribution in [0.25, 0.3) is 22.3 Å². The lowest BCUT2D eigenvalue weighted by Gasteiger charge is -2.52.